The maximum Gasteiger partial charge on any atom is 0.260 e. The number of rotatable bonds is 5. The standard InChI is InChI=1S/C17H15FN4OS2/c1-2-7-20-17(19)25-9-13-21-15(23)14-12(8-24-16(14)22-13)10-3-5-11(18)6-4-10/h2-6,8H,1,7,9H2,(H2,19,20)(H,21,22,23). The molecule has 1 aromatic carbocycles. The van der Waals surface area contributed by atoms with Crippen LogP contribution >= 0.6 is 23.1 Å². The number of thioether (sulfide) groups is 1. The molecule has 0 saturated carbocycles. The summed E-state index contributed by atoms with van der Waals surface area (Å²) in [4.78, 5) is 24.5. The molecule has 0 atom stereocenters. The number of aromatic amines is 1. The van der Waals surface area contributed by atoms with Gasteiger partial charge in [-0.3, -0.25) is 9.79 Å². The topological polar surface area (TPSA) is 84.1 Å². The molecular weight excluding hydrogens is 359 g/mol. The van der Waals surface area contributed by atoms with Gasteiger partial charge in [-0.2, -0.15) is 0 Å². The lowest BCUT2D eigenvalue weighted by atomic mass is 10.1. The fourth-order valence-corrected chi connectivity index (χ4v) is 3.80. The van der Waals surface area contributed by atoms with Crippen molar-refractivity contribution in [1.29, 1.82) is 0 Å². The highest BCUT2D eigenvalue weighted by atomic mass is 32.2. The molecule has 0 aliphatic heterocycles. The third kappa shape index (κ3) is 3.97. The number of nitrogens with one attached hydrogen (secondary N) is 1. The van der Waals surface area contributed by atoms with Crippen LogP contribution in [0.25, 0.3) is 21.3 Å². The Balaban J connectivity index is 1.90. The van der Waals surface area contributed by atoms with Crippen molar-refractivity contribution in [2.24, 2.45) is 10.7 Å². The minimum Gasteiger partial charge on any atom is -0.379 e. The number of halogens is 1. The van der Waals surface area contributed by atoms with Gasteiger partial charge in [0.1, 0.15) is 16.5 Å². The van der Waals surface area contributed by atoms with Crippen LogP contribution in [0.5, 0.6) is 0 Å². The SMILES string of the molecule is C=CCN=C(N)SCc1nc2scc(-c3ccc(F)cc3)c2c(=O)[nH]1. The molecule has 25 heavy (non-hydrogen) atoms. The molecule has 0 unspecified atom stereocenters. The maximum atomic E-state index is 13.1. The Kier molecular flexibility index (Phi) is 5.30. The number of aliphatic imine (C=N–C) groups is 1. The Morgan fingerprint density at radius 1 is 1.44 bits per heavy atom. The van der Waals surface area contributed by atoms with Crippen molar-refractivity contribution in [3.63, 3.8) is 0 Å². The van der Waals surface area contributed by atoms with Crippen molar-refractivity contribution >= 4 is 38.5 Å². The van der Waals surface area contributed by atoms with Gasteiger partial charge in [-0.05, 0) is 17.7 Å². The molecule has 128 valence electrons. The van der Waals surface area contributed by atoms with E-state index >= 15 is 0 Å². The summed E-state index contributed by atoms with van der Waals surface area (Å²) < 4.78 is 13.1. The summed E-state index contributed by atoms with van der Waals surface area (Å²) in [5.74, 6) is 0.638. The highest BCUT2D eigenvalue weighted by Crippen LogP contribution is 2.30. The third-order valence-corrected chi connectivity index (χ3v) is 5.10. The molecule has 0 bridgehead atoms. The van der Waals surface area contributed by atoms with Crippen LogP contribution in [0.2, 0.25) is 0 Å². The minimum atomic E-state index is -0.315. The minimum absolute atomic E-state index is 0.220. The van der Waals surface area contributed by atoms with Gasteiger partial charge in [0.05, 0.1) is 17.7 Å². The van der Waals surface area contributed by atoms with Crippen molar-refractivity contribution in [1.82, 2.24) is 9.97 Å². The second-order valence-electron chi connectivity index (χ2n) is 5.11. The van der Waals surface area contributed by atoms with Crippen LogP contribution in [0.15, 0.2) is 52.1 Å². The zero-order valence-electron chi connectivity index (χ0n) is 13.2. The van der Waals surface area contributed by atoms with Crippen LogP contribution in [-0.2, 0) is 5.75 Å². The molecule has 3 N–H and O–H groups in total. The summed E-state index contributed by atoms with van der Waals surface area (Å²) in [6.07, 6.45) is 1.65. The lowest BCUT2D eigenvalue weighted by Gasteiger charge is -2.02. The van der Waals surface area contributed by atoms with E-state index in [0.717, 1.165) is 11.1 Å². The number of aromatic nitrogens is 2. The van der Waals surface area contributed by atoms with Crippen LogP contribution in [0.1, 0.15) is 5.82 Å². The molecule has 5 nitrogen and oxygen atoms in total. The second-order valence-corrected chi connectivity index (χ2v) is 6.96. The number of amidine groups is 1. The van der Waals surface area contributed by atoms with Gasteiger partial charge in [0.25, 0.3) is 5.56 Å². The van der Waals surface area contributed by atoms with Crippen molar-refractivity contribution in [3.05, 3.63) is 64.3 Å². The fraction of sp³-hybridized carbons (Fsp3) is 0.118. The largest absolute Gasteiger partial charge is 0.379 e. The summed E-state index contributed by atoms with van der Waals surface area (Å²) in [6.45, 7) is 4.03. The van der Waals surface area contributed by atoms with Crippen molar-refractivity contribution < 1.29 is 4.39 Å². The predicted molar refractivity (Wildman–Crippen MR) is 104 cm³/mol. The van der Waals surface area contributed by atoms with Gasteiger partial charge in [0.15, 0.2) is 5.17 Å². The number of benzene rings is 1. The van der Waals surface area contributed by atoms with Crippen LogP contribution in [0.3, 0.4) is 0 Å². The normalized spacial score (nSPS) is 11.8. The zero-order chi connectivity index (χ0) is 17.8. The predicted octanol–water partition coefficient (Wildman–Crippen LogP) is 3.52. The molecule has 0 spiro atoms. The lowest BCUT2D eigenvalue weighted by Crippen LogP contribution is -2.13. The first-order chi connectivity index (χ1) is 12.1. The molecule has 8 heteroatoms. The Morgan fingerprint density at radius 3 is 2.92 bits per heavy atom. The monoisotopic (exact) mass is 374 g/mol. The van der Waals surface area contributed by atoms with E-state index in [2.05, 4.69) is 21.5 Å². The molecule has 0 aliphatic rings. The Labute approximate surface area is 151 Å². The first-order valence-electron chi connectivity index (χ1n) is 7.38. The second kappa shape index (κ2) is 7.62. The average Bonchev–Trinajstić information content (AvgIpc) is 3.03. The lowest BCUT2D eigenvalue weighted by molar-refractivity contribution is 0.628. The third-order valence-electron chi connectivity index (χ3n) is 3.38. The van der Waals surface area contributed by atoms with Crippen LogP contribution < -0.4 is 11.3 Å². The molecule has 0 aliphatic carbocycles. The van der Waals surface area contributed by atoms with Gasteiger partial charge in [-0.15, -0.1) is 17.9 Å². The van der Waals surface area contributed by atoms with E-state index in [1.807, 2.05) is 5.38 Å². The summed E-state index contributed by atoms with van der Waals surface area (Å²) in [7, 11) is 0. The number of nitrogens with zero attached hydrogens (tertiary/aromatic N) is 2. The van der Waals surface area contributed by atoms with E-state index < -0.39 is 0 Å². The molecule has 0 saturated heterocycles. The van der Waals surface area contributed by atoms with E-state index in [1.54, 1.807) is 18.2 Å². The number of thiophene rings is 1. The van der Waals surface area contributed by atoms with E-state index in [4.69, 9.17) is 5.73 Å². The van der Waals surface area contributed by atoms with E-state index in [-0.39, 0.29) is 11.4 Å². The molecule has 2 aromatic heterocycles. The summed E-state index contributed by atoms with van der Waals surface area (Å²) >= 11 is 2.68. The Bertz CT molecular complexity index is 992. The molecule has 0 amide bonds. The molecule has 3 aromatic rings. The van der Waals surface area contributed by atoms with Gasteiger partial charge in [-0.25, -0.2) is 9.37 Å². The molecule has 3 rings (SSSR count). The molecule has 0 radical (unpaired) electrons. The molecule has 2 heterocycles. The smallest absolute Gasteiger partial charge is 0.260 e. The number of H-pyrrole nitrogens is 1. The van der Waals surface area contributed by atoms with E-state index in [9.17, 15) is 9.18 Å². The summed E-state index contributed by atoms with van der Waals surface area (Å²) in [5.41, 5.74) is 7.08. The van der Waals surface area contributed by atoms with Gasteiger partial charge in [0.2, 0.25) is 0 Å². The summed E-state index contributed by atoms with van der Waals surface area (Å²) in [6, 6.07) is 6.04. The maximum absolute atomic E-state index is 13.1. The number of fused-ring (bicyclic) bond motifs is 1. The highest BCUT2D eigenvalue weighted by molar-refractivity contribution is 8.13. The molecular formula is C17H15FN4OS2. The Hall–Kier alpha value is -2.45. The van der Waals surface area contributed by atoms with Crippen molar-refractivity contribution in [2.45, 2.75) is 5.75 Å². The van der Waals surface area contributed by atoms with Gasteiger partial charge >= 0.3 is 0 Å². The fourth-order valence-electron chi connectivity index (χ4n) is 2.25. The molecule has 0 fully saturated rings. The Morgan fingerprint density at radius 2 is 2.20 bits per heavy atom. The average molecular weight is 374 g/mol. The van der Waals surface area contributed by atoms with Gasteiger partial charge in [-0.1, -0.05) is 30.0 Å². The first-order valence-corrected chi connectivity index (χ1v) is 9.25. The van der Waals surface area contributed by atoms with Crippen LogP contribution in [0, 0.1) is 5.82 Å². The zero-order valence-corrected chi connectivity index (χ0v) is 14.8. The van der Waals surface area contributed by atoms with Crippen LogP contribution in [-0.4, -0.2) is 21.7 Å². The van der Waals surface area contributed by atoms with Gasteiger partial charge in [0, 0.05) is 10.9 Å². The van der Waals surface area contributed by atoms with E-state index in [1.165, 1.54) is 35.2 Å². The highest BCUT2D eigenvalue weighted by Gasteiger charge is 2.13. The number of hydrogen-bond donors (Lipinski definition) is 2. The number of nitrogens with two attached hydrogens (primary N) is 1. The first kappa shape index (κ1) is 17.4. The quantitative estimate of drug-likeness (QED) is 0.406. The van der Waals surface area contributed by atoms with Gasteiger partial charge < -0.3 is 10.7 Å². The van der Waals surface area contributed by atoms with Crippen LogP contribution in [0.4, 0.5) is 4.39 Å². The number of hydrogen-bond acceptors (Lipinski definition) is 5. The summed E-state index contributed by atoms with van der Waals surface area (Å²) in [5, 5.41) is 2.79. The van der Waals surface area contributed by atoms with Crippen molar-refractivity contribution in [2.75, 3.05) is 6.54 Å². The van der Waals surface area contributed by atoms with E-state index in [0.29, 0.717) is 33.5 Å². The van der Waals surface area contributed by atoms with Crippen molar-refractivity contribution in [3.8, 4) is 11.1 Å².